The Hall–Kier alpha value is -3.28. The fourth-order valence-corrected chi connectivity index (χ4v) is 3.93. The van der Waals surface area contributed by atoms with Gasteiger partial charge in [0.2, 0.25) is 5.71 Å². The van der Waals surface area contributed by atoms with Crippen molar-refractivity contribution in [1.82, 2.24) is 14.4 Å². The van der Waals surface area contributed by atoms with E-state index in [1.165, 1.54) is 0 Å². The van der Waals surface area contributed by atoms with Crippen LogP contribution in [-0.2, 0) is 6.54 Å². The van der Waals surface area contributed by atoms with E-state index in [0.717, 1.165) is 11.0 Å². The number of nitrogens with zero attached hydrogens (tertiary/aromatic N) is 3. The summed E-state index contributed by atoms with van der Waals surface area (Å²) in [5, 5.41) is 0.903. The van der Waals surface area contributed by atoms with E-state index in [0.29, 0.717) is 43.1 Å². The molecule has 0 saturated carbocycles. The van der Waals surface area contributed by atoms with Crippen LogP contribution in [0.3, 0.4) is 0 Å². The quantitative estimate of drug-likeness (QED) is 0.636. The molecule has 4 rings (SSSR count). The molecule has 0 radical (unpaired) electrons. The first-order chi connectivity index (χ1) is 14.0. The molecule has 1 aromatic carbocycles. The number of carbonyl (C=O) groups excluding carboxylic acids is 2. The monoisotopic (exact) mass is 391 g/mol. The van der Waals surface area contributed by atoms with Gasteiger partial charge in [0.15, 0.2) is 0 Å². The molecule has 2 amide bonds. The van der Waals surface area contributed by atoms with Crippen molar-refractivity contribution in [3.63, 3.8) is 0 Å². The molecule has 1 atom stereocenters. The third-order valence-electron chi connectivity index (χ3n) is 5.35. The molecule has 6 nitrogen and oxygen atoms in total. The van der Waals surface area contributed by atoms with Crippen molar-refractivity contribution in [2.24, 2.45) is 0 Å². The van der Waals surface area contributed by atoms with Gasteiger partial charge < -0.3 is 18.8 Å². The minimum Gasteiger partial charge on any atom is -0.448 e. The van der Waals surface area contributed by atoms with Crippen molar-refractivity contribution < 1.29 is 14.0 Å². The molecule has 0 bridgehead atoms. The van der Waals surface area contributed by atoms with Gasteiger partial charge in [-0.05, 0) is 38.1 Å². The Morgan fingerprint density at radius 3 is 2.59 bits per heavy atom. The lowest BCUT2D eigenvalue weighted by atomic mass is 10.1. The summed E-state index contributed by atoms with van der Waals surface area (Å²) in [6, 6.07) is 12.9. The molecular formula is C23H25N3O3. The van der Waals surface area contributed by atoms with E-state index in [9.17, 15) is 9.59 Å². The highest BCUT2D eigenvalue weighted by Gasteiger charge is 2.32. The summed E-state index contributed by atoms with van der Waals surface area (Å²) < 4.78 is 7.47. The van der Waals surface area contributed by atoms with Crippen LogP contribution in [0.2, 0.25) is 0 Å². The molecule has 29 heavy (non-hydrogen) atoms. The zero-order chi connectivity index (χ0) is 20.5. The summed E-state index contributed by atoms with van der Waals surface area (Å²) in [4.78, 5) is 29.8. The maximum absolute atomic E-state index is 13.3. The predicted molar refractivity (Wildman–Crippen MR) is 112 cm³/mol. The summed E-state index contributed by atoms with van der Waals surface area (Å²) in [5.74, 6) is -0.0373. The Morgan fingerprint density at radius 2 is 1.90 bits per heavy atom. The minimum atomic E-state index is -0.0621. The third kappa shape index (κ3) is 3.58. The second kappa shape index (κ2) is 7.62. The first-order valence-electron chi connectivity index (χ1n) is 9.82. The number of benzene rings is 1. The highest BCUT2D eigenvalue weighted by molar-refractivity contribution is 5.98. The van der Waals surface area contributed by atoms with Gasteiger partial charge in [0.05, 0.1) is 6.26 Å². The second-order valence-electron chi connectivity index (χ2n) is 7.72. The molecule has 3 aromatic rings. The van der Waals surface area contributed by atoms with Crippen molar-refractivity contribution in [1.29, 1.82) is 0 Å². The van der Waals surface area contributed by atoms with Gasteiger partial charge in [0, 0.05) is 43.2 Å². The smallest absolute Gasteiger partial charge is 0.270 e. The Balaban J connectivity index is 1.53. The van der Waals surface area contributed by atoms with E-state index < -0.39 is 0 Å². The molecule has 0 spiro atoms. The zero-order valence-corrected chi connectivity index (χ0v) is 16.8. The summed E-state index contributed by atoms with van der Waals surface area (Å²) in [5.41, 5.74) is 2.90. The number of allylic oxidation sites excluding steroid dienone is 1. The van der Waals surface area contributed by atoms with Gasteiger partial charge in [-0.1, -0.05) is 30.4 Å². The van der Waals surface area contributed by atoms with E-state index >= 15 is 0 Å². The lowest BCUT2D eigenvalue weighted by molar-refractivity contribution is 0.0409. The summed E-state index contributed by atoms with van der Waals surface area (Å²) >= 11 is 0. The van der Waals surface area contributed by atoms with Crippen LogP contribution in [0.4, 0.5) is 0 Å². The van der Waals surface area contributed by atoms with Crippen LogP contribution in [0.5, 0.6) is 0 Å². The van der Waals surface area contributed by atoms with E-state index in [1.807, 2.05) is 70.7 Å². The van der Waals surface area contributed by atoms with Gasteiger partial charge in [-0.3, -0.25) is 9.59 Å². The third-order valence-corrected chi connectivity index (χ3v) is 5.35. The lowest BCUT2D eigenvalue weighted by Crippen LogP contribution is -2.55. The number of hydrogen-bond acceptors (Lipinski definition) is 3. The maximum atomic E-state index is 13.3. The molecule has 3 heterocycles. The van der Waals surface area contributed by atoms with Crippen molar-refractivity contribution in [2.75, 3.05) is 19.6 Å². The number of hydrogen-bond donors (Lipinski definition) is 0. The number of aromatic nitrogens is 1. The Kier molecular flexibility index (Phi) is 5.01. The standard InChI is InChI=1S/C23H25N3O3/c1-16(2)14-26-20(13-19-9-12-29-23(19)26)22(28)24-10-11-25(17(3)15-24)21(27)18-7-5-4-6-8-18/h4-9,12-13,17H,1,10-11,14-15H2,2-3H3/t17-/m0/s1. The Bertz CT molecular complexity index is 1060. The topological polar surface area (TPSA) is 58.7 Å². The van der Waals surface area contributed by atoms with Gasteiger partial charge in [-0.25, -0.2) is 0 Å². The molecule has 1 fully saturated rings. The van der Waals surface area contributed by atoms with Crippen LogP contribution in [-0.4, -0.2) is 51.9 Å². The largest absolute Gasteiger partial charge is 0.448 e. The van der Waals surface area contributed by atoms with Gasteiger partial charge in [0.25, 0.3) is 11.8 Å². The predicted octanol–water partition coefficient (Wildman–Crippen LogP) is 3.80. The molecule has 150 valence electrons. The number of fused-ring (bicyclic) bond motifs is 1. The average molecular weight is 391 g/mol. The van der Waals surface area contributed by atoms with Crippen LogP contribution in [0, 0.1) is 0 Å². The second-order valence-corrected chi connectivity index (χ2v) is 7.72. The lowest BCUT2D eigenvalue weighted by Gasteiger charge is -2.40. The summed E-state index contributed by atoms with van der Waals surface area (Å²) in [7, 11) is 0. The van der Waals surface area contributed by atoms with Gasteiger partial charge in [0.1, 0.15) is 5.69 Å². The van der Waals surface area contributed by atoms with Gasteiger partial charge in [-0.15, -0.1) is 0 Å². The van der Waals surface area contributed by atoms with Gasteiger partial charge >= 0.3 is 0 Å². The fraction of sp³-hybridized carbons (Fsp3) is 0.304. The first-order valence-corrected chi connectivity index (χ1v) is 9.82. The molecule has 1 saturated heterocycles. The number of rotatable bonds is 4. The average Bonchev–Trinajstić information content (AvgIpc) is 3.30. The van der Waals surface area contributed by atoms with Crippen LogP contribution in [0.1, 0.15) is 34.7 Å². The van der Waals surface area contributed by atoms with E-state index in [1.54, 1.807) is 6.26 Å². The molecular weight excluding hydrogens is 366 g/mol. The molecule has 0 N–H and O–H groups in total. The van der Waals surface area contributed by atoms with Crippen LogP contribution in [0.25, 0.3) is 11.1 Å². The molecule has 1 aliphatic heterocycles. The number of carbonyl (C=O) groups is 2. The highest BCUT2D eigenvalue weighted by Crippen LogP contribution is 2.24. The number of piperazine rings is 1. The van der Waals surface area contributed by atoms with E-state index in [-0.39, 0.29) is 17.9 Å². The van der Waals surface area contributed by atoms with Crippen molar-refractivity contribution >= 4 is 22.9 Å². The molecule has 6 heteroatoms. The maximum Gasteiger partial charge on any atom is 0.270 e. The molecule has 0 aliphatic carbocycles. The number of furan rings is 1. The molecule has 1 aliphatic rings. The SMILES string of the molecule is C=C(C)Cn1c(C(=O)N2CCN(C(=O)c3ccccc3)[C@@H](C)C2)cc2ccoc21. The Morgan fingerprint density at radius 1 is 1.14 bits per heavy atom. The van der Waals surface area contributed by atoms with Crippen molar-refractivity contribution in [3.05, 3.63) is 72.1 Å². The fourth-order valence-electron chi connectivity index (χ4n) is 3.93. The van der Waals surface area contributed by atoms with Crippen molar-refractivity contribution in [3.8, 4) is 0 Å². The van der Waals surface area contributed by atoms with Gasteiger partial charge in [-0.2, -0.15) is 0 Å². The van der Waals surface area contributed by atoms with E-state index in [2.05, 4.69) is 6.58 Å². The minimum absolute atomic E-state index is 0.00775. The summed E-state index contributed by atoms with van der Waals surface area (Å²) in [6.07, 6.45) is 1.63. The van der Waals surface area contributed by atoms with E-state index in [4.69, 9.17) is 4.42 Å². The Labute approximate surface area is 170 Å². The molecule has 0 unspecified atom stereocenters. The molecule has 2 aromatic heterocycles. The van der Waals surface area contributed by atoms with Crippen LogP contribution in [0.15, 0.2) is 65.3 Å². The number of amides is 2. The van der Waals surface area contributed by atoms with Crippen LogP contribution >= 0.6 is 0 Å². The van der Waals surface area contributed by atoms with Crippen LogP contribution < -0.4 is 0 Å². The normalized spacial score (nSPS) is 17.0. The highest BCUT2D eigenvalue weighted by atomic mass is 16.3. The van der Waals surface area contributed by atoms with Crippen molar-refractivity contribution in [2.45, 2.75) is 26.4 Å². The zero-order valence-electron chi connectivity index (χ0n) is 16.8. The first kappa shape index (κ1) is 19.1. The summed E-state index contributed by atoms with van der Waals surface area (Å²) in [6.45, 7) is 9.93.